The van der Waals surface area contributed by atoms with Crippen molar-refractivity contribution in [2.45, 2.75) is 13.0 Å². The number of aromatic nitrogens is 3. The van der Waals surface area contributed by atoms with E-state index in [0.29, 0.717) is 30.8 Å². The topological polar surface area (TPSA) is 86.4 Å². The van der Waals surface area contributed by atoms with Gasteiger partial charge in [-0.3, -0.25) is 5.10 Å². The molecule has 20 heavy (non-hydrogen) atoms. The number of H-pyrrole nitrogens is 1. The number of carbonyl (C=O) groups excluding carboxylic acids is 1. The zero-order valence-electron chi connectivity index (χ0n) is 12.2. The first-order chi connectivity index (χ1) is 9.60. The molecule has 1 fully saturated rings. The Hall–Kier alpha value is -1.83. The molecule has 2 N–H and O–H groups in total. The minimum absolute atomic E-state index is 0.0635. The number of anilines is 1. The van der Waals surface area contributed by atoms with Crippen molar-refractivity contribution in [3.8, 4) is 0 Å². The molecule has 0 aliphatic carbocycles. The largest absolute Gasteiger partial charge is 0.384 e. The Morgan fingerprint density at radius 3 is 3.05 bits per heavy atom. The van der Waals surface area contributed by atoms with Gasteiger partial charge in [-0.2, -0.15) is 4.98 Å². The molecule has 8 nitrogen and oxygen atoms in total. The van der Waals surface area contributed by atoms with Crippen LogP contribution in [0, 0.1) is 5.92 Å². The van der Waals surface area contributed by atoms with Crippen molar-refractivity contribution in [3.63, 3.8) is 0 Å². The lowest BCUT2D eigenvalue weighted by molar-refractivity contribution is 0.153. The number of hydrogen-bond donors (Lipinski definition) is 2. The Labute approximate surface area is 118 Å². The number of methoxy groups -OCH3 is 1. The van der Waals surface area contributed by atoms with E-state index in [9.17, 15) is 4.79 Å². The maximum absolute atomic E-state index is 12.0. The van der Waals surface area contributed by atoms with Crippen molar-refractivity contribution in [1.29, 1.82) is 0 Å². The summed E-state index contributed by atoms with van der Waals surface area (Å²) in [6.45, 7) is 2.58. The third-order valence-electron chi connectivity index (χ3n) is 3.30. The van der Waals surface area contributed by atoms with Crippen LogP contribution in [0.25, 0.3) is 0 Å². The molecule has 2 rings (SSSR count). The normalized spacial score (nSPS) is 18.4. The summed E-state index contributed by atoms with van der Waals surface area (Å²) in [4.78, 5) is 19.9. The van der Waals surface area contributed by atoms with E-state index in [-0.39, 0.29) is 6.03 Å². The van der Waals surface area contributed by atoms with Crippen molar-refractivity contribution >= 4 is 12.0 Å². The lowest BCUT2D eigenvalue weighted by Crippen LogP contribution is -2.38. The average molecular weight is 282 g/mol. The van der Waals surface area contributed by atoms with Gasteiger partial charge in [0.2, 0.25) is 5.95 Å². The summed E-state index contributed by atoms with van der Waals surface area (Å²) in [5, 5.41) is 9.69. The summed E-state index contributed by atoms with van der Waals surface area (Å²) in [5.41, 5.74) is 0. The molecule has 0 saturated carbocycles. The molecule has 112 valence electrons. The van der Waals surface area contributed by atoms with Gasteiger partial charge in [-0.25, -0.2) is 4.79 Å². The highest BCUT2D eigenvalue weighted by atomic mass is 16.5. The van der Waals surface area contributed by atoms with Gasteiger partial charge in [-0.1, -0.05) is 0 Å². The molecule has 2 amide bonds. The first-order valence-electron chi connectivity index (χ1n) is 6.70. The lowest BCUT2D eigenvalue weighted by Gasteiger charge is -2.16. The molecule has 0 spiro atoms. The van der Waals surface area contributed by atoms with Gasteiger partial charge in [-0.15, -0.1) is 5.10 Å². The first-order valence-corrected chi connectivity index (χ1v) is 6.70. The molecule has 8 heteroatoms. The zero-order valence-corrected chi connectivity index (χ0v) is 12.2. The maximum atomic E-state index is 12.0. The molecule has 0 bridgehead atoms. The minimum Gasteiger partial charge on any atom is -0.384 e. The third-order valence-corrected chi connectivity index (χ3v) is 3.30. The van der Waals surface area contributed by atoms with Crippen molar-refractivity contribution < 1.29 is 9.53 Å². The van der Waals surface area contributed by atoms with Crippen LogP contribution in [-0.2, 0) is 11.3 Å². The molecular formula is C12H22N6O2. The van der Waals surface area contributed by atoms with Gasteiger partial charge in [0.05, 0.1) is 13.2 Å². The highest BCUT2D eigenvalue weighted by molar-refractivity contribution is 5.74. The Morgan fingerprint density at radius 2 is 2.40 bits per heavy atom. The second-order valence-electron chi connectivity index (χ2n) is 5.19. The Balaban J connectivity index is 1.77. The SMILES string of the molecule is COCC1CCN(C(=O)NCc2nc(N(C)C)n[nH]2)C1. The van der Waals surface area contributed by atoms with E-state index in [4.69, 9.17) is 4.74 Å². The second kappa shape index (κ2) is 6.56. The number of nitrogens with zero attached hydrogens (tertiary/aromatic N) is 4. The van der Waals surface area contributed by atoms with E-state index in [1.54, 1.807) is 12.0 Å². The number of aromatic amines is 1. The standard InChI is InChI=1S/C12H22N6O2/c1-17(2)11-14-10(15-16-11)6-13-12(19)18-5-4-9(7-18)8-20-3/h9H,4-8H2,1-3H3,(H,13,19)(H,14,15,16). The number of nitrogens with one attached hydrogen (secondary N) is 2. The molecule has 0 aromatic carbocycles. The van der Waals surface area contributed by atoms with Crippen LogP contribution in [0.5, 0.6) is 0 Å². The van der Waals surface area contributed by atoms with Gasteiger partial charge in [0, 0.05) is 40.2 Å². The number of carbonyl (C=O) groups is 1. The van der Waals surface area contributed by atoms with Gasteiger partial charge in [0.1, 0.15) is 5.82 Å². The Morgan fingerprint density at radius 1 is 1.60 bits per heavy atom. The summed E-state index contributed by atoms with van der Waals surface area (Å²) in [6, 6.07) is -0.0635. The molecule has 1 aromatic rings. The number of likely N-dealkylation sites (tertiary alicyclic amines) is 1. The van der Waals surface area contributed by atoms with E-state index in [0.717, 1.165) is 19.5 Å². The van der Waals surface area contributed by atoms with Gasteiger partial charge in [0.25, 0.3) is 0 Å². The van der Waals surface area contributed by atoms with Crippen LogP contribution in [0.4, 0.5) is 10.7 Å². The predicted octanol–water partition coefficient (Wildman–Crippen LogP) is 0.0486. The quantitative estimate of drug-likeness (QED) is 0.797. The van der Waals surface area contributed by atoms with Crippen LogP contribution in [-0.4, -0.2) is 67.0 Å². The fourth-order valence-corrected chi connectivity index (χ4v) is 2.22. The smallest absolute Gasteiger partial charge is 0.317 e. The van der Waals surface area contributed by atoms with E-state index in [1.807, 2.05) is 19.0 Å². The monoisotopic (exact) mass is 282 g/mol. The summed E-state index contributed by atoms with van der Waals surface area (Å²) in [7, 11) is 5.42. The van der Waals surface area contributed by atoms with Crippen LogP contribution in [0.3, 0.4) is 0 Å². The van der Waals surface area contributed by atoms with E-state index in [1.165, 1.54) is 0 Å². The Bertz CT molecular complexity index is 447. The average Bonchev–Trinajstić information content (AvgIpc) is 3.05. The number of amides is 2. The molecule has 1 aliphatic heterocycles. The molecule has 2 heterocycles. The van der Waals surface area contributed by atoms with Crippen LogP contribution >= 0.6 is 0 Å². The fraction of sp³-hybridized carbons (Fsp3) is 0.750. The molecule has 1 aliphatic rings. The molecule has 1 unspecified atom stereocenters. The number of rotatable bonds is 5. The molecule has 1 aromatic heterocycles. The van der Waals surface area contributed by atoms with E-state index < -0.39 is 0 Å². The van der Waals surface area contributed by atoms with E-state index in [2.05, 4.69) is 20.5 Å². The maximum Gasteiger partial charge on any atom is 0.317 e. The van der Waals surface area contributed by atoms with Crippen molar-refractivity contribution in [1.82, 2.24) is 25.4 Å². The minimum atomic E-state index is -0.0635. The van der Waals surface area contributed by atoms with Crippen molar-refractivity contribution in [3.05, 3.63) is 5.82 Å². The van der Waals surface area contributed by atoms with Crippen molar-refractivity contribution in [2.75, 3.05) is 45.8 Å². The summed E-state index contributed by atoms with van der Waals surface area (Å²) in [5.74, 6) is 1.70. The zero-order chi connectivity index (χ0) is 14.5. The fourth-order valence-electron chi connectivity index (χ4n) is 2.22. The summed E-state index contributed by atoms with van der Waals surface area (Å²) >= 11 is 0. The van der Waals surface area contributed by atoms with Gasteiger partial charge in [0.15, 0.2) is 0 Å². The summed E-state index contributed by atoms with van der Waals surface area (Å²) < 4.78 is 5.12. The lowest BCUT2D eigenvalue weighted by atomic mass is 10.1. The van der Waals surface area contributed by atoms with Gasteiger partial charge < -0.3 is 19.9 Å². The van der Waals surface area contributed by atoms with Crippen molar-refractivity contribution in [2.24, 2.45) is 5.92 Å². The predicted molar refractivity (Wildman–Crippen MR) is 74.5 cm³/mol. The molecule has 1 atom stereocenters. The highest BCUT2D eigenvalue weighted by Gasteiger charge is 2.25. The van der Waals surface area contributed by atoms with Gasteiger partial charge >= 0.3 is 6.03 Å². The summed E-state index contributed by atoms with van der Waals surface area (Å²) in [6.07, 6.45) is 0.994. The molecular weight excluding hydrogens is 260 g/mol. The van der Waals surface area contributed by atoms with Crippen LogP contribution in [0.2, 0.25) is 0 Å². The molecule has 0 radical (unpaired) electrons. The third kappa shape index (κ3) is 3.60. The van der Waals surface area contributed by atoms with E-state index >= 15 is 0 Å². The van der Waals surface area contributed by atoms with Crippen LogP contribution < -0.4 is 10.2 Å². The molecule has 1 saturated heterocycles. The highest BCUT2D eigenvalue weighted by Crippen LogP contribution is 2.16. The Kier molecular flexibility index (Phi) is 4.78. The second-order valence-corrected chi connectivity index (χ2v) is 5.19. The van der Waals surface area contributed by atoms with Crippen LogP contribution in [0.1, 0.15) is 12.2 Å². The number of ether oxygens (including phenoxy) is 1. The van der Waals surface area contributed by atoms with Gasteiger partial charge in [-0.05, 0) is 6.42 Å². The first kappa shape index (κ1) is 14.6. The number of urea groups is 1. The van der Waals surface area contributed by atoms with Crippen LogP contribution in [0.15, 0.2) is 0 Å². The number of hydrogen-bond acceptors (Lipinski definition) is 5.